The van der Waals surface area contributed by atoms with Crippen molar-refractivity contribution in [1.82, 2.24) is 31.9 Å². The number of halogens is 2. The summed E-state index contributed by atoms with van der Waals surface area (Å²) in [7, 11) is 1.75. The van der Waals surface area contributed by atoms with Crippen molar-refractivity contribution in [2.24, 2.45) is 53.1 Å². The van der Waals surface area contributed by atoms with Gasteiger partial charge in [0, 0.05) is 85.2 Å². The predicted molar refractivity (Wildman–Crippen MR) is 469 cm³/mol. The molecule has 6 aromatic carbocycles. The molecule has 0 spiro atoms. The van der Waals surface area contributed by atoms with Crippen LogP contribution in [0.3, 0.4) is 0 Å². The van der Waals surface area contributed by atoms with Crippen molar-refractivity contribution in [3.05, 3.63) is 140 Å². The van der Waals surface area contributed by atoms with Gasteiger partial charge in [0.05, 0.1) is 47.3 Å². The van der Waals surface area contributed by atoms with Gasteiger partial charge in [-0.1, -0.05) is 69.1 Å². The fraction of sp³-hybridized carbons (Fsp3) is 0.521. The summed E-state index contributed by atoms with van der Waals surface area (Å²) in [5, 5.41) is 126. The number of hydrogen-bond acceptors (Lipinski definition) is 28. The third-order valence-electron chi connectivity index (χ3n) is 26.3. The van der Waals surface area contributed by atoms with Gasteiger partial charge in [0.2, 0.25) is 41.6 Å². The van der Waals surface area contributed by atoms with Gasteiger partial charge < -0.3 is 121 Å². The Balaban J connectivity index is 0.952. The van der Waals surface area contributed by atoms with Crippen LogP contribution in [-0.4, -0.2) is 199 Å². The molecular weight excluding hydrogens is 1730 g/mol. The minimum absolute atomic E-state index is 0.0574. The molecule has 17 rings (SSSR count). The first-order valence-electron chi connectivity index (χ1n) is 44.3. The highest BCUT2D eigenvalue weighted by molar-refractivity contribution is 6.32. The number of nitrogens with two attached hydrogens (primary N) is 1. The minimum atomic E-state index is -2.27. The number of imide groups is 1. The fourth-order valence-corrected chi connectivity index (χ4v) is 20.3. The lowest BCUT2D eigenvalue weighted by Gasteiger charge is -2.54. The number of urea groups is 1. The van der Waals surface area contributed by atoms with Crippen molar-refractivity contribution >= 4 is 81.8 Å². The first-order valence-corrected chi connectivity index (χ1v) is 45.1. The number of Topliss-reactive ketones (excluding diaryl/α,β-unsaturated/α-hetero) is 3. The first-order chi connectivity index (χ1) is 62.0. The predicted octanol–water partition coefficient (Wildman–Crippen LogP) is 8.86. The summed E-state index contributed by atoms with van der Waals surface area (Å²) in [4.78, 5) is 141. The first kappa shape index (κ1) is 95.9. The van der Waals surface area contributed by atoms with E-state index in [4.69, 9.17) is 66.8 Å². The SMILES string of the molecule is CCCOCc1cc(NC(=O)NC(=O)C[C@@H]2CC(=O)[C@H](NC(=O)[C@H](CC)CC(C)C)[C@H](O)c3ccc(c(Cl)c3)Oc3cc4cc(c3O[C@@H]3O[C@H](CO)[C@@H](O)[C@H](O)[C@H]3O[C@H]3C[C@](C)(N)[C@H](O)[C@H](C)O3)Oc3ccc(cc3Cl)[C@@H](O)[C@@H]3NC(=O)[C@H](CC(=O)[C@@H]4NC2=O)c2ccc(O)c(c2)-c2c(O)cc(O)cc2[C@@H](C(=O)CC2C4CC5CC(C4)CC2C5)NC3=O)ccc1OCCNC. The molecule has 11 aliphatic rings. The molecule has 4 aliphatic carbocycles. The lowest BCUT2D eigenvalue weighted by Crippen LogP contribution is -2.64. The van der Waals surface area contributed by atoms with Gasteiger partial charge in [-0.3, -0.25) is 43.7 Å². The van der Waals surface area contributed by atoms with Crippen LogP contribution in [0.2, 0.25) is 10.0 Å². The second kappa shape index (κ2) is 40.9. The molecule has 0 unspecified atom stereocenters. The molecule has 6 fully saturated rings. The van der Waals surface area contributed by atoms with Gasteiger partial charge in [-0.2, -0.15) is 0 Å². The number of nitrogens with one attached hydrogen (secondary N) is 7. The maximum Gasteiger partial charge on any atom is 0.325 e. The number of phenolic OH excluding ortho intramolecular Hbond substituents is 3. The number of anilines is 1. The number of likely N-dealkylation sites (N-methyl/N-ethyl adjacent to an activating group) is 1. The number of hydrogen-bond donors (Lipinski definition) is 17. The topological polar surface area (TPSA) is 520 Å². The van der Waals surface area contributed by atoms with E-state index < -0.39 is 228 Å². The van der Waals surface area contributed by atoms with E-state index in [0.717, 1.165) is 68.5 Å². The van der Waals surface area contributed by atoms with Crippen LogP contribution in [0.25, 0.3) is 11.1 Å². The maximum atomic E-state index is 16.9. The second-order valence-corrected chi connectivity index (χ2v) is 37.2. The average molecular weight is 1840 g/mol. The molecule has 2 saturated heterocycles. The molecule has 0 radical (unpaired) electrons. The molecule has 4 saturated carbocycles. The summed E-state index contributed by atoms with van der Waals surface area (Å²) < 4.78 is 51.2. The Morgan fingerprint density at radius 2 is 1.37 bits per heavy atom. The lowest BCUT2D eigenvalue weighted by atomic mass is 9.51. The third-order valence-corrected chi connectivity index (χ3v) is 26.9. The van der Waals surface area contributed by atoms with Crippen LogP contribution in [0.5, 0.6) is 51.7 Å². The van der Waals surface area contributed by atoms with Gasteiger partial charge >= 0.3 is 6.03 Å². The number of rotatable bonds is 24. The van der Waals surface area contributed by atoms with Crippen LogP contribution in [0.4, 0.5) is 10.5 Å². The van der Waals surface area contributed by atoms with Gasteiger partial charge in [0.25, 0.3) is 0 Å². The molecule has 7 amide bonds. The number of carbonyl (C=O) groups is 9. The Kier molecular flexibility index (Phi) is 30.2. The molecular formula is C94H114Cl2N8O26. The molecule has 15 bridgehead atoms. The average Bonchev–Trinajstić information content (AvgIpc) is 0.749. The van der Waals surface area contributed by atoms with Crippen LogP contribution < -0.4 is 61.9 Å². The number of aliphatic hydroxyl groups excluding tert-OH is 6. The molecule has 34 nitrogen and oxygen atoms in total. The highest BCUT2D eigenvalue weighted by Crippen LogP contribution is 2.59. The summed E-state index contributed by atoms with van der Waals surface area (Å²) in [6.07, 6.45) is -15.1. The van der Waals surface area contributed by atoms with Gasteiger partial charge in [-0.25, -0.2) is 4.79 Å². The highest BCUT2D eigenvalue weighted by Gasteiger charge is 2.53. The normalized spacial score (nSPS) is 29.8. The van der Waals surface area contributed by atoms with Gasteiger partial charge in [-0.05, 0) is 208 Å². The van der Waals surface area contributed by atoms with E-state index in [-0.39, 0.29) is 117 Å². The molecule has 6 aromatic rings. The summed E-state index contributed by atoms with van der Waals surface area (Å²) >= 11 is 14.6. The van der Waals surface area contributed by atoms with Crippen LogP contribution in [0, 0.1) is 47.3 Å². The zero-order valence-electron chi connectivity index (χ0n) is 73.0. The van der Waals surface area contributed by atoms with Crippen molar-refractivity contribution in [2.45, 2.75) is 229 Å². The largest absolute Gasteiger partial charge is 0.508 e. The van der Waals surface area contributed by atoms with Crippen molar-refractivity contribution in [3.8, 4) is 62.9 Å². The molecule has 18 N–H and O–H groups in total. The van der Waals surface area contributed by atoms with Crippen LogP contribution in [0.15, 0.2) is 97.1 Å². The Hall–Kier alpha value is -10.2. The van der Waals surface area contributed by atoms with Gasteiger partial charge in [0.15, 0.2) is 41.2 Å². The zero-order chi connectivity index (χ0) is 93.2. The number of aromatic hydroxyl groups is 3. The van der Waals surface area contributed by atoms with Crippen LogP contribution >= 0.6 is 23.2 Å². The number of aliphatic hydroxyl groups is 6. The van der Waals surface area contributed by atoms with E-state index in [9.17, 15) is 60.3 Å². The highest BCUT2D eigenvalue weighted by atomic mass is 35.5. The van der Waals surface area contributed by atoms with Crippen molar-refractivity contribution < 1.29 is 127 Å². The van der Waals surface area contributed by atoms with Crippen LogP contribution in [-0.2, 0) is 63.9 Å². The number of fused-ring (bicyclic) bond motifs is 15. The zero-order valence-corrected chi connectivity index (χ0v) is 74.6. The summed E-state index contributed by atoms with van der Waals surface area (Å²) in [5.74, 6) is -16.1. The van der Waals surface area contributed by atoms with Crippen molar-refractivity contribution in [3.63, 3.8) is 0 Å². The molecule has 7 aliphatic heterocycles. The Morgan fingerprint density at radius 1 is 0.700 bits per heavy atom. The summed E-state index contributed by atoms with van der Waals surface area (Å²) in [6, 6.07) is 10.5. The second-order valence-electron chi connectivity index (χ2n) is 36.4. The Morgan fingerprint density at radius 3 is 2.00 bits per heavy atom. The number of ether oxygens (including phenoxy) is 8. The van der Waals surface area contributed by atoms with E-state index in [0.29, 0.717) is 49.1 Å². The number of carbonyl (C=O) groups excluding carboxylic acids is 9. The Bertz CT molecular complexity index is 5220. The fourth-order valence-electron chi connectivity index (χ4n) is 19.8. The smallest absolute Gasteiger partial charge is 0.325 e. The summed E-state index contributed by atoms with van der Waals surface area (Å²) in [5.41, 5.74) is 4.17. The van der Waals surface area contributed by atoms with Crippen LogP contribution in [0.1, 0.15) is 189 Å². The number of phenols is 3. The van der Waals surface area contributed by atoms with E-state index >= 15 is 28.8 Å². The molecule has 36 heteroatoms. The molecule has 700 valence electrons. The number of ketones is 3. The monoisotopic (exact) mass is 1840 g/mol. The molecule has 18 atom stereocenters. The van der Waals surface area contributed by atoms with E-state index in [1.54, 1.807) is 26.1 Å². The molecule has 0 aromatic heterocycles. The van der Waals surface area contributed by atoms with Crippen molar-refractivity contribution in [2.75, 3.05) is 38.7 Å². The third kappa shape index (κ3) is 21.3. The minimum Gasteiger partial charge on any atom is -0.508 e. The standard InChI is InChI=1S/C94H114Cl2N8O26/c1-8-19-123-41-54-27-55(13-17-68(54)124-20-18-98-7)99-93(122)100-74(112)34-53-31-65(109)79(103-88(118)46(9-2)21-42(3)4)81(113)48-11-15-69(61(95)29-48)126-71-32-52-33-72(85(71)130-92-86(84(116)83(115)73(40-105)128-92)129-75-39-94(6,97)87(117)43(5)125-75)127-70-16-12-49(30-62(70)96)82(114)80-91(121)102-78(67(111)37-57-50-23-44-22-45(25-50)26-51(57)24-44)60-35-56(106)36-64(108)76(60)59-28-47(10-14-63(59)107)58(90(120)104-80)38-66(110)77(52)101-89(53)119/h10-17,27-30,32-33,35-36,42-46,50-51,53,57-58,73,75,77-84,86-87,92,98,105-108,113-117H,8-9,18-26,31,34,37-41,97H2,1-7H3,(H,101,119)(H,102,121)(H,103,118)(H,104,120)(H2,99,100,112,122)/t43-,44?,45?,46+,50?,51?,53-,57?,58+,73+,75-,77+,78-,79-,80-,81+,82+,83+,84-,86+,87+,92-,94-/m0/s1. The molecule has 7 heterocycles. The van der Waals surface area contributed by atoms with Crippen molar-refractivity contribution in [1.29, 1.82) is 0 Å². The lowest BCUT2D eigenvalue weighted by molar-refractivity contribution is -0.333. The van der Waals surface area contributed by atoms with E-state index in [1.807, 2.05) is 20.8 Å². The maximum absolute atomic E-state index is 16.9. The summed E-state index contributed by atoms with van der Waals surface area (Å²) in [6.45, 7) is 10.7. The van der Waals surface area contributed by atoms with Gasteiger partial charge in [0.1, 0.15) is 95.8 Å². The number of benzene rings is 6. The van der Waals surface area contributed by atoms with Gasteiger partial charge in [-0.15, -0.1) is 0 Å². The van der Waals surface area contributed by atoms with E-state index in [2.05, 4.69) is 37.2 Å². The molecule has 130 heavy (non-hydrogen) atoms. The Labute approximate surface area is 760 Å². The van der Waals surface area contributed by atoms with E-state index in [1.165, 1.54) is 62.4 Å². The quantitative estimate of drug-likeness (QED) is 0.0251. The number of amides is 7.